The minimum absolute atomic E-state index is 0.107. The average molecular weight is 419 g/mol. The van der Waals surface area contributed by atoms with Gasteiger partial charge in [0, 0.05) is 37.2 Å². The van der Waals surface area contributed by atoms with Gasteiger partial charge in [-0.25, -0.2) is 8.42 Å². The van der Waals surface area contributed by atoms with Gasteiger partial charge in [0.1, 0.15) is 5.75 Å². The molecule has 1 aliphatic heterocycles. The van der Waals surface area contributed by atoms with Crippen LogP contribution in [0.25, 0.3) is 0 Å². The summed E-state index contributed by atoms with van der Waals surface area (Å²) in [5.74, 6) is 0.499. The van der Waals surface area contributed by atoms with Crippen molar-refractivity contribution in [3.8, 4) is 5.75 Å². The summed E-state index contributed by atoms with van der Waals surface area (Å²) in [6.45, 7) is 1.29. The van der Waals surface area contributed by atoms with E-state index in [9.17, 15) is 13.2 Å². The van der Waals surface area contributed by atoms with E-state index in [1.54, 1.807) is 22.4 Å². The number of amides is 1. The van der Waals surface area contributed by atoms with Gasteiger partial charge in [0.15, 0.2) is 0 Å². The van der Waals surface area contributed by atoms with Gasteiger partial charge in [-0.05, 0) is 41.8 Å². The molecule has 0 bridgehead atoms. The van der Waals surface area contributed by atoms with Crippen molar-refractivity contribution in [3.05, 3.63) is 66.1 Å². The monoisotopic (exact) mass is 418 g/mol. The van der Waals surface area contributed by atoms with E-state index in [2.05, 4.69) is 0 Å². The molecular weight excluding hydrogens is 396 g/mol. The highest BCUT2D eigenvalue weighted by molar-refractivity contribution is 8.02. The summed E-state index contributed by atoms with van der Waals surface area (Å²) in [7, 11) is -2.04. The Morgan fingerprint density at radius 3 is 2.25 bits per heavy atom. The van der Waals surface area contributed by atoms with E-state index in [0.29, 0.717) is 18.8 Å². The first-order chi connectivity index (χ1) is 13.5. The summed E-state index contributed by atoms with van der Waals surface area (Å²) in [4.78, 5) is 15.3. The summed E-state index contributed by atoms with van der Waals surface area (Å²) in [6.07, 6.45) is 1.53. The van der Waals surface area contributed by atoms with Crippen LogP contribution in [0.2, 0.25) is 0 Å². The van der Waals surface area contributed by atoms with Crippen LogP contribution in [0.5, 0.6) is 5.75 Å². The number of ether oxygens (including phenoxy) is 1. The summed E-state index contributed by atoms with van der Waals surface area (Å²) in [5, 5.41) is 1.76. The van der Waals surface area contributed by atoms with Crippen LogP contribution in [0.1, 0.15) is 0 Å². The summed E-state index contributed by atoms with van der Waals surface area (Å²) >= 11 is 1.47. The van der Waals surface area contributed by atoms with Gasteiger partial charge in [-0.1, -0.05) is 30.0 Å². The predicted octanol–water partition coefficient (Wildman–Crippen LogP) is 2.83. The number of hydrogen-bond acceptors (Lipinski definition) is 5. The molecule has 6 nitrogen and oxygen atoms in total. The normalized spacial score (nSPS) is 15.7. The lowest BCUT2D eigenvalue weighted by atomic mass is 10.3. The van der Waals surface area contributed by atoms with Gasteiger partial charge in [-0.3, -0.25) is 4.79 Å². The van der Waals surface area contributed by atoms with Crippen molar-refractivity contribution in [2.75, 3.05) is 33.3 Å². The molecular formula is C20H22N2O4S2. The zero-order chi connectivity index (χ0) is 20.0. The van der Waals surface area contributed by atoms with E-state index in [4.69, 9.17) is 4.74 Å². The molecule has 28 heavy (non-hydrogen) atoms. The maximum Gasteiger partial charge on any atom is 0.247 e. The highest BCUT2D eigenvalue weighted by atomic mass is 32.2. The third-order valence-corrected chi connectivity index (χ3v) is 7.13. The molecule has 0 aliphatic carbocycles. The van der Waals surface area contributed by atoms with Crippen LogP contribution in [0.3, 0.4) is 0 Å². The zero-order valence-corrected chi connectivity index (χ0v) is 17.2. The maximum atomic E-state index is 12.8. The Morgan fingerprint density at radius 1 is 1.00 bits per heavy atom. The van der Waals surface area contributed by atoms with Crippen molar-refractivity contribution in [2.24, 2.45) is 0 Å². The quantitative estimate of drug-likeness (QED) is 0.533. The first-order valence-corrected chi connectivity index (χ1v) is 11.1. The lowest BCUT2D eigenvalue weighted by molar-refractivity contribution is -0.127. The Hall–Kier alpha value is -2.29. The number of hydrogen-bond donors (Lipinski definition) is 0. The van der Waals surface area contributed by atoms with E-state index in [1.807, 2.05) is 30.3 Å². The number of carbonyl (C=O) groups excluding carboxylic acids is 1. The molecule has 1 amide bonds. The molecule has 2 aromatic rings. The Labute approximate surface area is 169 Å². The van der Waals surface area contributed by atoms with E-state index in [0.717, 1.165) is 4.90 Å². The topological polar surface area (TPSA) is 66.9 Å². The first-order valence-electron chi connectivity index (χ1n) is 8.82. The lowest BCUT2D eigenvalue weighted by Crippen LogP contribution is -2.50. The van der Waals surface area contributed by atoms with Gasteiger partial charge in [0.05, 0.1) is 12.0 Å². The highest BCUT2D eigenvalue weighted by Gasteiger charge is 2.29. The molecule has 0 saturated carbocycles. The van der Waals surface area contributed by atoms with Crippen molar-refractivity contribution in [1.82, 2.24) is 9.21 Å². The number of thioether (sulfide) groups is 1. The fraction of sp³-hybridized carbons (Fsp3) is 0.250. The second-order valence-electron chi connectivity index (χ2n) is 6.14. The molecule has 148 valence electrons. The van der Waals surface area contributed by atoms with Gasteiger partial charge in [-0.15, -0.1) is 0 Å². The molecule has 1 aliphatic rings. The van der Waals surface area contributed by atoms with Gasteiger partial charge in [0.25, 0.3) is 0 Å². The van der Waals surface area contributed by atoms with Crippen molar-refractivity contribution < 1.29 is 17.9 Å². The second kappa shape index (κ2) is 9.27. The summed E-state index contributed by atoms with van der Waals surface area (Å²) < 4.78 is 32.0. The molecule has 2 aromatic carbocycles. The lowest BCUT2D eigenvalue weighted by Gasteiger charge is -2.33. The molecule has 0 atom stereocenters. The molecule has 0 radical (unpaired) electrons. The zero-order valence-electron chi connectivity index (χ0n) is 15.5. The predicted molar refractivity (Wildman–Crippen MR) is 110 cm³/mol. The van der Waals surface area contributed by atoms with E-state index in [-0.39, 0.29) is 23.9 Å². The van der Waals surface area contributed by atoms with Crippen LogP contribution in [-0.4, -0.2) is 56.8 Å². The molecule has 0 unspecified atom stereocenters. The molecule has 1 heterocycles. The van der Waals surface area contributed by atoms with Crippen LogP contribution >= 0.6 is 11.8 Å². The van der Waals surface area contributed by atoms with Crippen molar-refractivity contribution in [3.63, 3.8) is 0 Å². The molecule has 1 saturated heterocycles. The van der Waals surface area contributed by atoms with Gasteiger partial charge >= 0.3 is 0 Å². The Balaban J connectivity index is 1.55. The number of piperazine rings is 1. The van der Waals surface area contributed by atoms with E-state index >= 15 is 0 Å². The van der Waals surface area contributed by atoms with E-state index < -0.39 is 10.0 Å². The average Bonchev–Trinajstić information content (AvgIpc) is 2.74. The molecule has 0 N–H and O–H groups in total. The molecule has 1 fully saturated rings. The van der Waals surface area contributed by atoms with Crippen LogP contribution in [0, 0.1) is 0 Å². The number of benzene rings is 2. The van der Waals surface area contributed by atoms with Gasteiger partial charge in [0.2, 0.25) is 15.9 Å². The van der Waals surface area contributed by atoms with Crippen LogP contribution < -0.4 is 4.74 Å². The number of sulfonamides is 1. The van der Waals surface area contributed by atoms with Crippen molar-refractivity contribution in [2.45, 2.75) is 9.79 Å². The SMILES string of the molecule is COc1ccc(S(=O)(=O)N2CCN(C(=O)/C=C/Sc3ccccc3)CC2)cc1. The number of rotatable bonds is 6. The Morgan fingerprint density at radius 2 is 1.64 bits per heavy atom. The minimum atomic E-state index is -3.57. The van der Waals surface area contributed by atoms with Crippen LogP contribution in [-0.2, 0) is 14.8 Å². The third-order valence-electron chi connectivity index (χ3n) is 4.41. The number of carbonyl (C=O) groups is 1. The summed E-state index contributed by atoms with van der Waals surface area (Å²) in [6, 6.07) is 16.1. The van der Waals surface area contributed by atoms with Crippen molar-refractivity contribution in [1.29, 1.82) is 0 Å². The largest absolute Gasteiger partial charge is 0.497 e. The fourth-order valence-electron chi connectivity index (χ4n) is 2.82. The number of methoxy groups -OCH3 is 1. The van der Waals surface area contributed by atoms with Crippen LogP contribution in [0.4, 0.5) is 0 Å². The smallest absolute Gasteiger partial charge is 0.247 e. The summed E-state index contributed by atoms with van der Waals surface area (Å²) in [5.41, 5.74) is 0. The minimum Gasteiger partial charge on any atom is -0.497 e. The Kier molecular flexibility index (Phi) is 6.77. The molecule has 0 aromatic heterocycles. The Bertz CT molecular complexity index is 920. The number of nitrogens with zero attached hydrogens (tertiary/aromatic N) is 2. The van der Waals surface area contributed by atoms with Crippen LogP contribution in [0.15, 0.2) is 75.9 Å². The first kappa shape index (κ1) is 20.4. The second-order valence-corrected chi connectivity index (χ2v) is 9.06. The van der Waals surface area contributed by atoms with Crippen molar-refractivity contribution >= 4 is 27.7 Å². The standard InChI is InChI=1S/C20H22N2O4S2/c1-26-17-7-9-19(10-8-17)28(24,25)22-14-12-21(13-15-22)20(23)11-16-27-18-5-3-2-4-6-18/h2-11,16H,12-15H2,1H3/b16-11+. The fourth-order valence-corrected chi connectivity index (χ4v) is 4.90. The van der Waals surface area contributed by atoms with E-state index in [1.165, 1.54) is 41.4 Å². The maximum absolute atomic E-state index is 12.8. The van der Waals surface area contributed by atoms with Gasteiger partial charge < -0.3 is 9.64 Å². The molecule has 8 heteroatoms. The molecule has 3 rings (SSSR count). The van der Waals surface area contributed by atoms with Gasteiger partial charge in [-0.2, -0.15) is 4.31 Å². The third kappa shape index (κ3) is 4.95. The highest BCUT2D eigenvalue weighted by Crippen LogP contribution is 2.21. The molecule has 0 spiro atoms.